The predicted molar refractivity (Wildman–Crippen MR) is 101 cm³/mol. The first-order chi connectivity index (χ1) is 12.7. The van der Waals surface area contributed by atoms with E-state index < -0.39 is 0 Å². The van der Waals surface area contributed by atoms with Crippen LogP contribution < -0.4 is 9.47 Å². The lowest BCUT2D eigenvalue weighted by atomic mass is 9.98. The molecule has 3 aromatic rings. The van der Waals surface area contributed by atoms with Gasteiger partial charge in [-0.3, -0.25) is 4.79 Å². The van der Waals surface area contributed by atoms with E-state index in [1.807, 2.05) is 41.4 Å². The molecule has 0 spiro atoms. The van der Waals surface area contributed by atoms with Crippen molar-refractivity contribution in [2.75, 3.05) is 20.8 Å². The Kier molecular flexibility index (Phi) is 4.29. The van der Waals surface area contributed by atoms with E-state index in [1.54, 1.807) is 14.2 Å². The number of amides is 1. The van der Waals surface area contributed by atoms with Crippen LogP contribution in [0, 0.1) is 0 Å². The van der Waals surface area contributed by atoms with Crippen LogP contribution in [0.5, 0.6) is 11.5 Å². The highest BCUT2D eigenvalue weighted by Gasteiger charge is 2.23. The fraction of sp³-hybridized carbons (Fsp3) is 0.286. The third-order valence-corrected chi connectivity index (χ3v) is 5.09. The summed E-state index contributed by atoms with van der Waals surface area (Å²) in [6.07, 6.45) is 3.18. The first-order valence-corrected chi connectivity index (χ1v) is 8.76. The van der Waals surface area contributed by atoms with Crippen molar-refractivity contribution >= 4 is 16.8 Å². The number of para-hydroxylation sites is 1. The number of nitrogens with one attached hydrogen (secondary N) is 1. The van der Waals surface area contributed by atoms with Crippen molar-refractivity contribution in [3.8, 4) is 11.5 Å². The van der Waals surface area contributed by atoms with Crippen LogP contribution in [0.3, 0.4) is 0 Å². The van der Waals surface area contributed by atoms with E-state index in [2.05, 4.69) is 11.1 Å². The maximum Gasteiger partial charge on any atom is 0.227 e. The van der Waals surface area contributed by atoms with Crippen LogP contribution in [-0.2, 0) is 24.2 Å². The summed E-state index contributed by atoms with van der Waals surface area (Å²) < 4.78 is 10.8. The summed E-state index contributed by atoms with van der Waals surface area (Å²) in [6, 6.07) is 12.1. The number of hydrogen-bond acceptors (Lipinski definition) is 3. The Labute approximate surface area is 152 Å². The third-order valence-electron chi connectivity index (χ3n) is 5.09. The van der Waals surface area contributed by atoms with Crippen molar-refractivity contribution < 1.29 is 14.3 Å². The lowest BCUT2D eigenvalue weighted by Crippen LogP contribution is -2.36. The molecule has 1 amide bonds. The van der Waals surface area contributed by atoms with E-state index in [1.165, 1.54) is 5.56 Å². The summed E-state index contributed by atoms with van der Waals surface area (Å²) in [4.78, 5) is 18.0. The second-order valence-electron chi connectivity index (χ2n) is 6.58. The third kappa shape index (κ3) is 2.90. The van der Waals surface area contributed by atoms with Crippen LogP contribution in [0.25, 0.3) is 10.9 Å². The van der Waals surface area contributed by atoms with Gasteiger partial charge in [-0.1, -0.05) is 18.2 Å². The average Bonchev–Trinajstić information content (AvgIpc) is 3.09. The molecule has 26 heavy (non-hydrogen) atoms. The SMILES string of the molecule is COc1cc2c(cc1OC)CN(C(=O)Cc1c[nH]c3ccccc13)CC2. The van der Waals surface area contributed by atoms with E-state index in [9.17, 15) is 4.79 Å². The van der Waals surface area contributed by atoms with Crippen molar-refractivity contribution in [3.05, 3.63) is 59.3 Å². The fourth-order valence-corrected chi connectivity index (χ4v) is 3.65. The van der Waals surface area contributed by atoms with Gasteiger partial charge in [0.05, 0.1) is 20.6 Å². The molecule has 5 nitrogen and oxygen atoms in total. The van der Waals surface area contributed by atoms with Crippen LogP contribution in [0.1, 0.15) is 16.7 Å². The highest BCUT2D eigenvalue weighted by Crippen LogP contribution is 2.33. The molecule has 0 bridgehead atoms. The van der Waals surface area contributed by atoms with E-state index in [-0.39, 0.29) is 5.91 Å². The van der Waals surface area contributed by atoms with Gasteiger partial charge >= 0.3 is 0 Å². The topological polar surface area (TPSA) is 54.6 Å². The summed E-state index contributed by atoms with van der Waals surface area (Å²) in [5.74, 6) is 1.59. The predicted octanol–water partition coefficient (Wildman–Crippen LogP) is 3.31. The molecule has 1 aromatic heterocycles. The number of aromatic amines is 1. The molecule has 0 fully saturated rings. The van der Waals surface area contributed by atoms with E-state index in [0.717, 1.165) is 40.7 Å². The number of hydrogen-bond donors (Lipinski definition) is 1. The van der Waals surface area contributed by atoms with Gasteiger partial charge in [0.1, 0.15) is 0 Å². The first kappa shape index (κ1) is 16.5. The van der Waals surface area contributed by atoms with Crippen LogP contribution in [-0.4, -0.2) is 36.6 Å². The monoisotopic (exact) mass is 350 g/mol. The van der Waals surface area contributed by atoms with Crippen LogP contribution in [0.15, 0.2) is 42.6 Å². The Bertz CT molecular complexity index is 961. The van der Waals surface area contributed by atoms with Gasteiger partial charge in [0.2, 0.25) is 5.91 Å². The van der Waals surface area contributed by atoms with Crippen LogP contribution >= 0.6 is 0 Å². The van der Waals surface area contributed by atoms with Gasteiger partial charge < -0.3 is 19.4 Å². The van der Waals surface area contributed by atoms with Gasteiger partial charge in [-0.15, -0.1) is 0 Å². The molecular formula is C21H22N2O3. The fourth-order valence-electron chi connectivity index (χ4n) is 3.65. The van der Waals surface area contributed by atoms with Crippen molar-refractivity contribution in [2.24, 2.45) is 0 Å². The maximum atomic E-state index is 12.9. The number of fused-ring (bicyclic) bond motifs is 2. The molecule has 0 saturated carbocycles. The minimum atomic E-state index is 0.148. The van der Waals surface area contributed by atoms with E-state index >= 15 is 0 Å². The summed E-state index contributed by atoms with van der Waals surface area (Å²) in [5, 5.41) is 1.12. The average molecular weight is 350 g/mol. The zero-order chi connectivity index (χ0) is 18.1. The summed E-state index contributed by atoms with van der Waals surface area (Å²) in [6.45, 7) is 1.33. The van der Waals surface area contributed by atoms with Crippen LogP contribution in [0.2, 0.25) is 0 Å². The molecule has 5 heteroatoms. The molecule has 4 rings (SSSR count). The van der Waals surface area contributed by atoms with Gasteiger partial charge in [0.15, 0.2) is 11.5 Å². The number of H-pyrrole nitrogens is 1. The lowest BCUT2D eigenvalue weighted by Gasteiger charge is -2.29. The normalized spacial score (nSPS) is 13.5. The van der Waals surface area contributed by atoms with E-state index in [0.29, 0.717) is 18.7 Å². The van der Waals surface area contributed by atoms with Crippen molar-refractivity contribution in [3.63, 3.8) is 0 Å². The maximum absolute atomic E-state index is 12.9. The van der Waals surface area contributed by atoms with Crippen molar-refractivity contribution in [2.45, 2.75) is 19.4 Å². The number of carbonyl (C=O) groups excluding carboxylic acids is 1. The highest BCUT2D eigenvalue weighted by atomic mass is 16.5. The number of rotatable bonds is 4. The molecular weight excluding hydrogens is 328 g/mol. The van der Waals surface area contributed by atoms with Gasteiger partial charge in [-0.25, -0.2) is 0 Å². The Morgan fingerprint density at radius 3 is 2.62 bits per heavy atom. The number of methoxy groups -OCH3 is 2. The Balaban J connectivity index is 1.54. The molecule has 0 atom stereocenters. The number of ether oxygens (including phenoxy) is 2. The zero-order valence-electron chi connectivity index (χ0n) is 15.0. The molecule has 0 saturated heterocycles. The van der Waals surface area contributed by atoms with Gasteiger partial charge in [-0.2, -0.15) is 0 Å². The van der Waals surface area contributed by atoms with Gasteiger partial charge in [-0.05, 0) is 41.3 Å². The van der Waals surface area contributed by atoms with Crippen LogP contribution in [0.4, 0.5) is 0 Å². The summed E-state index contributed by atoms with van der Waals surface area (Å²) in [7, 11) is 3.27. The molecule has 2 heterocycles. The zero-order valence-corrected chi connectivity index (χ0v) is 15.0. The van der Waals surface area contributed by atoms with Gasteiger partial charge in [0.25, 0.3) is 0 Å². The molecule has 134 valence electrons. The quantitative estimate of drug-likeness (QED) is 0.785. The van der Waals surface area contributed by atoms with Crippen molar-refractivity contribution in [1.82, 2.24) is 9.88 Å². The Morgan fingerprint density at radius 1 is 1.12 bits per heavy atom. The largest absolute Gasteiger partial charge is 0.493 e. The van der Waals surface area contributed by atoms with E-state index in [4.69, 9.17) is 9.47 Å². The molecule has 1 N–H and O–H groups in total. The smallest absolute Gasteiger partial charge is 0.227 e. The highest BCUT2D eigenvalue weighted by molar-refractivity contribution is 5.89. The Hall–Kier alpha value is -2.95. The molecule has 2 aromatic carbocycles. The lowest BCUT2D eigenvalue weighted by molar-refractivity contribution is -0.131. The number of nitrogens with zero attached hydrogens (tertiary/aromatic N) is 1. The number of aromatic nitrogens is 1. The van der Waals surface area contributed by atoms with Gasteiger partial charge in [0, 0.05) is 30.2 Å². The number of benzene rings is 2. The minimum absolute atomic E-state index is 0.148. The van der Waals surface area contributed by atoms with Crippen molar-refractivity contribution in [1.29, 1.82) is 0 Å². The number of carbonyl (C=O) groups is 1. The molecule has 1 aliphatic rings. The minimum Gasteiger partial charge on any atom is -0.493 e. The molecule has 1 aliphatic heterocycles. The second kappa shape index (κ2) is 6.75. The second-order valence-corrected chi connectivity index (χ2v) is 6.58. The molecule has 0 radical (unpaired) electrons. The molecule has 0 unspecified atom stereocenters. The summed E-state index contributed by atoms with van der Waals surface area (Å²) >= 11 is 0. The first-order valence-electron chi connectivity index (χ1n) is 8.76. The molecule has 0 aliphatic carbocycles. The standard InChI is InChI=1S/C21H22N2O3/c1-25-19-9-14-7-8-23(13-16(14)10-20(19)26-2)21(24)11-15-12-22-18-6-4-3-5-17(15)18/h3-6,9-10,12,22H,7-8,11,13H2,1-2H3. The Morgan fingerprint density at radius 2 is 1.85 bits per heavy atom. The summed E-state index contributed by atoms with van der Waals surface area (Å²) in [5.41, 5.74) is 4.46.